The first kappa shape index (κ1) is 12.7. The Balaban J connectivity index is 0.000000606. The number of rotatable bonds is 1. The lowest BCUT2D eigenvalue weighted by molar-refractivity contribution is 0.100. The topological polar surface area (TPSA) is 43.1 Å². The molecule has 2 N–H and O–H groups in total. The van der Waals surface area contributed by atoms with E-state index in [9.17, 15) is 4.79 Å². The van der Waals surface area contributed by atoms with Gasteiger partial charge in [-0.3, -0.25) is 4.79 Å². The third kappa shape index (κ3) is 2.25. The van der Waals surface area contributed by atoms with E-state index in [1.165, 1.54) is 16.9 Å². The molecule has 0 aliphatic rings. The van der Waals surface area contributed by atoms with E-state index in [0.29, 0.717) is 4.88 Å². The molecule has 0 fully saturated rings. The zero-order chi connectivity index (χ0) is 12.3. The monoisotopic (exact) mass is 235 g/mol. The van der Waals surface area contributed by atoms with Crippen LogP contribution in [0.25, 0.3) is 10.1 Å². The van der Waals surface area contributed by atoms with Crippen LogP contribution in [0.3, 0.4) is 0 Å². The van der Waals surface area contributed by atoms with Crippen molar-refractivity contribution in [2.24, 2.45) is 5.73 Å². The summed E-state index contributed by atoms with van der Waals surface area (Å²) in [4.78, 5) is 11.8. The van der Waals surface area contributed by atoms with Gasteiger partial charge in [0.05, 0.1) is 4.88 Å². The van der Waals surface area contributed by atoms with Crippen molar-refractivity contribution in [3.8, 4) is 0 Å². The Hall–Kier alpha value is -1.35. The standard InChI is InChI=1S/C11H11NOS.C2H6/c1-6-3-4-9-8(5-6)7(2)10(14-9)11(12)13;1-2/h3-5H,1-2H3,(H2,12,13);1-2H3. The Morgan fingerprint density at radius 1 is 1.25 bits per heavy atom. The fourth-order valence-corrected chi connectivity index (χ4v) is 2.61. The quantitative estimate of drug-likeness (QED) is 0.805. The van der Waals surface area contributed by atoms with Gasteiger partial charge in [0.2, 0.25) is 0 Å². The van der Waals surface area contributed by atoms with Crippen molar-refractivity contribution in [2.45, 2.75) is 27.7 Å². The molecule has 16 heavy (non-hydrogen) atoms. The summed E-state index contributed by atoms with van der Waals surface area (Å²) in [6.07, 6.45) is 0. The maximum absolute atomic E-state index is 11.1. The van der Waals surface area contributed by atoms with E-state index in [1.807, 2.05) is 39.8 Å². The summed E-state index contributed by atoms with van der Waals surface area (Å²) in [5.41, 5.74) is 7.49. The largest absolute Gasteiger partial charge is 0.365 e. The van der Waals surface area contributed by atoms with Crippen LogP contribution in [-0.2, 0) is 0 Å². The van der Waals surface area contributed by atoms with Gasteiger partial charge in [-0.1, -0.05) is 31.5 Å². The van der Waals surface area contributed by atoms with Crippen molar-refractivity contribution in [1.29, 1.82) is 0 Å². The number of fused-ring (bicyclic) bond motifs is 1. The Morgan fingerprint density at radius 3 is 2.44 bits per heavy atom. The van der Waals surface area contributed by atoms with E-state index >= 15 is 0 Å². The number of hydrogen-bond acceptors (Lipinski definition) is 2. The Kier molecular flexibility index (Phi) is 4.07. The summed E-state index contributed by atoms with van der Waals surface area (Å²) >= 11 is 1.47. The second kappa shape index (κ2) is 5.12. The van der Waals surface area contributed by atoms with Crippen LogP contribution in [0.15, 0.2) is 18.2 Å². The third-order valence-corrected chi connectivity index (χ3v) is 3.60. The molecule has 0 radical (unpaired) electrons. The fourth-order valence-electron chi connectivity index (χ4n) is 1.57. The molecule has 0 saturated carbocycles. The highest BCUT2D eigenvalue weighted by molar-refractivity contribution is 7.21. The number of carbonyl (C=O) groups excluding carboxylic acids is 1. The first-order chi connectivity index (χ1) is 7.59. The van der Waals surface area contributed by atoms with Gasteiger partial charge in [-0.2, -0.15) is 0 Å². The molecule has 0 saturated heterocycles. The predicted molar refractivity (Wildman–Crippen MR) is 71.2 cm³/mol. The molecule has 1 aromatic heterocycles. The first-order valence-corrected chi connectivity index (χ1v) is 6.21. The molecule has 2 aromatic rings. The molecule has 2 nitrogen and oxygen atoms in total. The summed E-state index contributed by atoms with van der Waals surface area (Å²) in [6.45, 7) is 7.98. The summed E-state index contributed by atoms with van der Waals surface area (Å²) in [5, 5.41) is 1.14. The molecule has 0 spiro atoms. The Bertz CT molecular complexity index is 514. The molecule has 1 heterocycles. The molecule has 0 aliphatic heterocycles. The minimum absolute atomic E-state index is 0.332. The van der Waals surface area contributed by atoms with Crippen LogP contribution < -0.4 is 5.73 Å². The molecule has 0 atom stereocenters. The maximum atomic E-state index is 11.1. The predicted octanol–water partition coefficient (Wildman–Crippen LogP) is 3.64. The van der Waals surface area contributed by atoms with Crippen molar-refractivity contribution in [3.63, 3.8) is 0 Å². The number of benzene rings is 1. The van der Waals surface area contributed by atoms with E-state index in [0.717, 1.165) is 15.6 Å². The Labute approximate surface area is 100 Å². The highest BCUT2D eigenvalue weighted by Crippen LogP contribution is 2.30. The minimum atomic E-state index is -0.332. The van der Waals surface area contributed by atoms with E-state index in [1.54, 1.807) is 0 Å². The average molecular weight is 235 g/mol. The summed E-state index contributed by atoms with van der Waals surface area (Å²) in [7, 11) is 0. The summed E-state index contributed by atoms with van der Waals surface area (Å²) < 4.78 is 1.13. The van der Waals surface area contributed by atoms with Crippen molar-refractivity contribution < 1.29 is 4.79 Å². The second-order valence-electron chi connectivity index (χ2n) is 3.42. The molecule has 0 bridgehead atoms. The van der Waals surface area contributed by atoms with Crippen LogP contribution >= 0.6 is 11.3 Å². The van der Waals surface area contributed by atoms with Gasteiger partial charge in [0.1, 0.15) is 0 Å². The second-order valence-corrected chi connectivity index (χ2v) is 4.47. The maximum Gasteiger partial charge on any atom is 0.259 e. The minimum Gasteiger partial charge on any atom is -0.365 e. The van der Waals surface area contributed by atoms with Crippen LogP contribution in [0.2, 0.25) is 0 Å². The van der Waals surface area contributed by atoms with Crippen LogP contribution in [0.4, 0.5) is 0 Å². The van der Waals surface area contributed by atoms with Crippen LogP contribution in [0.5, 0.6) is 0 Å². The van der Waals surface area contributed by atoms with Gasteiger partial charge in [-0.15, -0.1) is 11.3 Å². The van der Waals surface area contributed by atoms with Crippen LogP contribution in [-0.4, -0.2) is 5.91 Å². The summed E-state index contributed by atoms with van der Waals surface area (Å²) in [6, 6.07) is 6.17. The van der Waals surface area contributed by atoms with Gasteiger partial charge in [-0.25, -0.2) is 0 Å². The van der Waals surface area contributed by atoms with Crippen molar-refractivity contribution in [2.75, 3.05) is 0 Å². The molecule has 1 amide bonds. The molecular weight excluding hydrogens is 218 g/mol. The molecule has 1 aromatic carbocycles. The molecule has 0 unspecified atom stereocenters. The fraction of sp³-hybridized carbons (Fsp3) is 0.308. The summed E-state index contributed by atoms with van der Waals surface area (Å²) in [5.74, 6) is -0.332. The third-order valence-electron chi connectivity index (χ3n) is 2.32. The molecule has 3 heteroatoms. The molecular formula is C13H17NOS. The van der Waals surface area contributed by atoms with Gasteiger partial charge in [-0.05, 0) is 30.9 Å². The zero-order valence-corrected chi connectivity index (χ0v) is 10.9. The van der Waals surface area contributed by atoms with Gasteiger partial charge < -0.3 is 5.73 Å². The number of nitrogens with two attached hydrogens (primary N) is 1. The highest BCUT2D eigenvalue weighted by atomic mass is 32.1. The average Bonchev–Trinajstić information content (AvgIpc) is 2.59. The number of aryl methyl sites for hydroxylation is 2. The molecule has 0 aliphatic carbocycles. The zero-order valence-electron chi connectivity index (χ0n) is 10.1. The lowest BCUT2D eigenvalue weighted by Gasteiger charge is -1.94. The molecule has 2 rings (SSSR count). The highest BCUT2D eigenvalue weighted by Gasteiger charge is 2.12. The Morgan fingerprint density at radius 2 is 1.88 bits per heavy atom. The van der Waals surface area contributed by atoms with E-state index < -0.39 is 0 Å². The number of amides is 1. The van der Waals surface area contributed by atoms with Crippen LogP contribution in [0.1, 0.15) is 34.6 Å². The normalized spacial score (nSPS) is 9.75. The first-order valence-electron chi connectivity index (χ1n) is 5.39. The van der Waals surface area contributed by atoms with Crippen molar-refractivity contribution in [3.05, 3.63) is 34.2 Å². The number of primary amides is 1. The van der Waals surface area contributed by atoms with Gasteiger partial charge >= 0.3 is 0 Å². The SMILES string of the molecule is CC.Cc1ccc2sc(C(N)=O)c(C)c2c1. The number of hydrogen-bond donors (Lipinski definition) is 1. The molecule has 86 valence electrons. The van der Waals surface area contributed by atoms with Crippen molar-refractivity contribution in [1.82, 2.24) is 0 Å². The van der Waals surface area contributed by atoms with E-state index in [-0.39, 0.29) is 5.91 Å². The van der Waals surface area contributed by atoms with Crippen molar-refractivity contribution >= 4 is 27.3 Å². The van der Waals surface area contributed by atoms with Gasteiger partial charge in [0.15, 0.2) is 0 Å². The van der Waals surface area contributed by atoms with Gasteiger partial charge in [0.25, 0.3) is 5.91 Å². The van der Waals surface area contributed by atoms with E-state index in [2.05, 4.69) is 6.07 Å². The number of thiophene rings is 1. The lowest BCUT2D eigenvalue weighted by atomic mass is 10.1. The lowest BCUT2D eigenvalue weighted by Crippen LogP contribution is -2.09. The van der Waals surface area contributed by atoms with E-state index in [4.69, 9.17) is 5.73 Å². The van der Waals surface area contributed by atoms with Crippen LogP contribution in [0, 0.1) is 13.8 Å². The van der Waals surface area contributed by atoms with Gasteiger partial charge in [0, 0.05) is 4.70 Å². The number of carbonyl (C=O) groups is 1. The smallest absolute Gasteiger partial charge is 0.259 e.